The van der Waals surface area contributed by atoms with E-state index in [0.29, 0.717) is 12.1 Å². The van der Waals surface area contributed by atoms with E-state index in [9.17, 15) is 9.90 Å². The van der Waals surface area contributed by atoms with E-state index in [1.807, 2.05) is 6.92 Å². The van der Waals surface area contributed by atoms with Gasteiger partial charge in [0.2, 0.25) is 0 Å². The molecule has 1 aromatic carbocycles. The third-order valence-electron chi connectivity index (χ3n) is 1.79. The van der Waals surface area contributed by atoms with E-state index >= 15 is 0 Å². The van der Waals surface area contributed by atoms with Crippen molar-refractivity contribution in [1.29, 1.82) is 0 Å². The van der Waals surface area contributed by atoms with Crippen molar-refractivity contribution in [2.45, 2.75) is 13.0 Å². The zero-order valence-corrected chi connectivity index (χ0v) is 9.41. The summed E-state index contributed by atoms with van der Waals surface area (Å²) < 4.78 is 0.921. The van der Waals surface area contributed by atoms with Crippen molar-refractivity contribution in [2.75, 3.05) is 6.54 Å². The lowest BCUT2D eigenvalue weighted by Crippen LogP contribution is -2.28. The molecule has 0 saturated heterocycles. The molecule has 0 spiro atoms. The number of carbonyl (C=O) groups excluding carboxylic acids is 1. The number of carbonyl (C=O) groups is 1. The Bertz CT molecular complexity index is 310. The summed E-state index contributed by atoms with van der Waals surface area (Å²) in [6, 6.07) is 7.00. The lowest BCUT2D eigenvalue weighted by Gasteiger charge is -2.10. The summed E-state index contributed by atoms with van der Waals surface area (Å²) in [6.07, 6.45) is -1.08. The molecule has 1 aromatic rings. The molecule has 3 nitrogen and oxygen atoms in total. The van der Waals surface area contributed by atoms with Crippen molar-refractivity contribution in [2.24, 2.45) is 0 Å². The first-order valence-corrected chi connectivity index (χ1v) is 5.15. The highest BCUT2D eigenvalue weighted by Gasteiger charge is 2.15. The normalized spacial score (nSPS) is 12.2. The quantitative estimate of drug-likeness (QED) is 0.865. The van der Waals surface area contributed by atoms with E-state index in [1.54, 1.807) is 24.3 Å². The van der Waals surface area contributed by atoms with Crippen LogP contribution in [0.1, 0.15) is 18.6 Å². The molecule has 0 aliphatic carbocycles. The van der Waals surface area contributed by atoms with E-state index < -0.39 is 6.10 Å². The molecule has 1 unspecified atom stereocenters. The Morgan fingerprint density at radius 3 is 2.57 bits per heavy atom. The Balaban J connectivity index is 2.73. The third-order valence-corrected chi connectivity index (χ3v) is 2.31. The van der Waals surface area contributed by atoms with Crippen LogP contribution in [0.5, 0.6) is 0 Å². The number of nitrogens with one attached hydrogen (secondary N) is 1. The number of likely N-dealkylation sites (N-methyl/N-ethyl adjacent to an activating group) is 1. The van der Waals surface area contributed by atoms with Gasteiger partial charge in [0, 0.05) is 11.0 Å². The Kier molecular flexibility index (Phi) is 4.10. The fourth-order valence-electron chi connectivity index (χ4n) is 1.07. The van der Waals surface area contributed by atoms with Crippen LogP contribution in [0.2, 0.25) is 0 Å². The summed E-state index contributed by atoms with van der Waals surface area (Å²) in [4.78, 5) is 11.3. The second kappa shape index (κ2) is 5.12. The average molecular weight is 258 g/mol. The number of rotatable bonds is 3. The molecule has 1 rings (SSSR count). The number of aliphatic hydroxyl groups excluding tert-OH is 1. The Morgan fingerprint density at radius 1 is 1.50 bits per heavy atom. The fraction of sp³-hybridized carbons (Fsp3) is 0.300. The van der Waals surface area contributed by atoms with Gasteiger partial charge in [-0.05, 0) is 24.6 Å². The molecule has 0 bridgehead atoms. The first kappa shape index (κ1) is 11.2. The molecule has 2 N–H and O–H groups in total. The summed E-state index contributed by atoms with van der Waals surface area (Å²) >= 11 is 3.28. The van der Waals surface area contributed by atoms with Crippen LogP contribution in [0, 0.1) is 0 Å². The molecule has 0 saturated carbocycles. The Morgan fingerprint density at radius 2 is 2.07 bits per heavy atom. The molecule has 0 heterocycles. The maximum absolute atomic E-state index is 11.3. The minimum Gasteiger partial charge on any atom is -0.378 e. The number of hydrogen-bond acceptors (Lipinski definition) is 2. The van der Waals surface area contributed by atoms with E-state index in [-0.39, 0.29) is 5.91 Å². The van der Waals surface area contributed by atoms with Gasteiger partial charge in [0.25, 0.3) is 5.91 Å². The molecular formula is C10H12BrNO2. The first-order chi connectivity index (χ1) is 6.65. The summed E-state index contributed by atoms with van der Waals surface area (Å²) in [5.41, 5.74) is 0.596. The predicted octanol–water partition coefficient (Wildman–Crippen LogP) is 1.62. The van der Waals surface area contributed by atoms with E-state index in [1.165, 1.54) is 0 Å². The van der Waals surface area contributed by atoms with Gasteiger partial charge in [-0.3, -0.25) is 4.79 Å². The van der Waals surface area contributed by atoms with Crippen LogP contribution >= 0.6 is 15.9 Å². The van der Waals surface area contributed by atoms with Crippen molar-refractivity contribution in [3.63, 3.8) is 0 Å². The van der Waals surface area contributed by atoms with Crippen LogP contribution in [0.15, 0.2) is 28.7 Å². The molecule has 0 radical (unpaired) electrons. The molecule has 14 heavy (non-hydrogen) atoms. The topological polar surface area (TPSA) is 49.3 Å². The number of halogens is 1. The van der Waals surface area contributed by atoms with Gasteiger partial charge >= 0.3 is 0 Å². The van der Waals surface area contributed by atoms with Gasteiger partial charge in [0.05, 0.1) is 0 Å². The molecule has 1 atom stereocenters. The second-order valence-electron chi connectivity index (χ2n) is 2.85. The Labute approximate surface area is 91.3 Å². The summed E-state index contributed by atoms with van der Waals surface area (Å²) in [7, 11) is 0. The van der Waals surface area contributed by atoms with Crippen LogP contribution in [-0.2, 0) is 4.79 Å². The van der Waals surface area contributed by atoms with Gasteiger partial charge in [-0.1, -0.05) is 28.1 Å². The molecule has 76 valence electrons. The summed E-state index contributed by atoms with van der Waals surface area (Å²) in [5.74, 6) is -0.366. The largest absolute Gasteiger partial charge is 0.378 e. The Hall–Kier alpha value is -0.870. The maximum atomic E-state index is 11.3. The van der Waals surface area contributed by atoms with Crippen LogP contribution in [0.25, 0.3) is 0 Å². The highest BCUT2D eigenvalue weighted by atomic mass is 79.9. The van der Waals surface area contributed by atoms with Gasteiger partial charge in [-0.15, -0.1) is 0 Å². The van der Waals surface area contributed by atoms with Crippen molar-refractivity contribution in [3.8, 4) is 0 Å². The van der Waals surface area contributed by atoms with Crippen LogP contribution in [-0.4, -0.2) is 17.6 Å². The average Bonchev–Trinajstić information content (AvgIpc) is 2.18. The van der Waals surface area contributed by atoms with Gasteiger partial charge in [0.1, 0.15) is 0 Å². The van der Waals surface area contributed by atoms with Crippen LogP contribution < -0.4 is 5.32 Å². The second-order valence-corrected chi connectivity index (χ2v) is 3.76. The molecular weight excluding hydrogens is 246 g/mol. The molecule has 4 heteroatoms. The summed E-state index contributed by atoms with van der Waals surface area (Å²) in [5, 5.41) is 12.1. The maximum Gasteiger partial charge on any atom is 0.253 e. The zero-order valence-electron chi connectivity index (χ0n) is 7.83. The highest BCUT2D eigenvalue weighted by Crippen LogP contribution is 2.16. The third kappa shape index (κ3) is 2.82. The van der Waals surface area contributed by atoms with Crippen LogP contribution in [0.3, 0.4) is 0 Å². The van der Waals surface area contributed by atoms with E-state index in [0.717, 1.165) is 4.47 Å². The molecule has 0 aromatic heterocycles. The number of aliphatic hydroxyl groups is 1. The zero-order chi connectivity index (χ0) is 10.6. The molecule has 1 amide bonds. The smallest absolute Gasteiger partial charge is 0.253 e. The van der Waals surface area contributed by atoms with Gasteiger partial charge < -0.3 is 10.4 Å². The lowest BCUT2D eigenvalue weighted by atomic mass is 10.1. The lowest BCUT2D eigenvalue weighted by molar-refractivity contribution is -0.129. The van der Waals surface area contributed by atoms with Crippen molar-refractivity contribution >= 4 is 21.8 Å². The van der Waals surface area contributed by atoms with Crippen LogP contribution in [0.4, 0.5) is 0 Å². The first-order valence-electron chi connectivity index (χ1n) is 4.36. The number of benzene rings is 1. The van der Waals surface area contributed by atoms with Crippen molar-refractivity contribution in [3.05, 3.63) is 34.3 Å². The molecule has 0 aliphatic heterocycles. The minimum atomic E-state index is -1.08. The van der Waals surface area contributed by atoms with Gasteiger partial charge in [0.15, 0.2) is 6.10 Å². The highest BCUT2D eigenvalue weighted by molar-refractivity contribution is 9.10. The standard InChI is InChI=1S/C10H12BrNO2/c1-2-12-10(14)9(13)7-3-5-8(11)6-4-7/h3-6,9,13H,2H2,1H3,(H,12,14). The minimum absolute atomic E-state index is 0.366. The molecule has 0 fully saturated rings. The fourth-order valence-corrected chi connectivity index (χ4v) is 1.33. The van der Waals surface area contributed by atoms with Gasteiger partial charge in [-0.2, -0.15) is 0 Å². The summed E-state index contributed by atoms with van der Waals surface area (Å²) in [6.45, 7) is 2.33. The molecule has 0 aliphatic rings. The van der Waals surface area contributed by atoms with E-state index in [2.05, 4.69) is 21.2 Å². The van der Waals surface area contributed by atoms with E-state index in [4.69, 9.17) is 0 Å². The monoisotopic (exact) mass is 257 g/mol. The number of amides is 1. The van der Waals surface area contributed by atoms with Crippen molar-refractivity contribution in [1.82, 2.24) is 5.32 Å². The predicted molar refractivity (Wildman–Crippen MR) is 57.8 cm³/mol. The SMILES string of the molecule is CCNC(=O)C(O)c1ccc(Br)cc1. The number of hydrogen-bond donors (Lipinski definition) is 2. The van der Waals surface area contributed by atoms with Crippen molar-refractivity contribution < 1.29 is 9.90 Å². The van der Waals surface area contributed by atoms with Gasteiger partial charge in [-0.25, -0.2) is 0 Å².